The highest BCUT2D eigenvalue weighted by atomic mass is 35.5. The molecule has 1 aliphatic heterocycles. The normalized spacial score (nSPS) is 18.0. The van der Waals surface area contributed by atoms with Gasteiger partial charge in [0.25, 0.3) is 5.88 Å². The van der Waals surface area contributed by atoms with E-state index in [1.54, 1.807) is 4.90 Å². The maximum atomic E-state index is 12.3. The third-order valence-corrected chi connectivity index (χ3v) is 4.37. The Morgan fingerprint density at radius 1 is 1.27 bits per heavy atom. The van der Waals surface area contributed by atoms with Crippen molar-refractivity contribution in [3.8, 4) is 5.88 Å². The third-order valence-electron chi connectivity index (χ3n) is 4.13. The third kappa shape index (κ3) is 4.75. The lowest BCUT2D eigenvalue weighted by molar-refractivity contribution is 0.0138. The molecule has 0 radical (unpaired) electrons. The molecule has 140 valence electrons. The number of fused-ring (bicyclic) bond motifs is 1. The summed E-state index contributed by atoms with van der Waals surface area (Å²) in [7, 11) is 0. The molecule has 1 fully saturated rings. The zero-order valence-electron chi connectivity index (χ0n) is 15.4. The smallest absolute Gasteiger partial charge is 0.410 e. The van der Waals surface area contributed by atoms with Crippen molar-refractivity contribution in [1.82, 2.24) is 14.9 Å². The van der Waals surface area contributed by atoms with Crippen LogP contribution < -0.4 is 4.74 Å². The first-order valence-corrected chi connectivity index (χ1v) is 9.22. The summed E-state index contributed by atoms with van der Waals surface area (Å²) in [6, 6.07) is 7.52. The van der Waals surface area contributed by atoms with Gasteiger partial charge in [-0.05, 0) is 45.7 Å². The van der Waals surface area contributed by atoms with Crippen LogP contribution in [0.25, 0.3) is 11.0 Å². The van der Waals surface area contributed by atoms with Crippen LogP contribution in [0, 0.1) is 5.92 Å². The van der Waals surface area contributed by atoms with Crippen LogP contribution in [-0.4, -0.2) is 46.3 Å². The van der Waals surface area contributed by atoms with E-state index in [1.165, 1.54) is 0 Å². The van der Waals surface area contributed by atoms with Crippen LogP contribution in [0.2, 0.25) is 5.15 Å². The Morgan fingerprint density at radius 3 is 2.65 bits per heavy atom. The second-order valence-electron chi connectivity index (χ2n) is 7.55. The molecule has 0 N–H and O–H groups in total. The minimum Gasteiger partial charge on any atom is -0.475 e. The standard InChI is InChI=1S/C19H24ClN3O3/c1-19(2,3)26-18(24)23-10-6-7-13(11-23)12-25-17-16(20)21-14-8-4-5-9-15(14)22-17/h4-5,8-9,13H,6-7,10-12H2,1-3H3. The molecule has 0 saturated carbocycles. The van der Waals surface area contributed by atoms with Gasteiger partial charge in [0.05, 0.1) is 17.6 Å². The van der Waals surface area contributed by atoms with Crippen molar-refractivity contribution < 1.29 is 14.3 Å². The van der Waals surface area contributed by atoms with Gasteiger partial charge < -0.3 is 14.4 Å². The quantitative estimate of drug-likeness (QED) is 0.797. The van der Waals surface area contributed by atoms with Gasteiger partial charge >= 0.3 is 6.09 Å². The zero-order chi connectivity index (χ0) is 18.7. The number of ether oxygens (including phenoxy) is 2. The maximum Gasteiger partial charge on any atom is 0.410 e. The summed E-state index contributed by atoms with van der Waals surface area (Å²) in [5.41, 5.74) is 0.985. The number of aromatic nitrogens is 2. The van der Waals surface area contributed by atoms with Crippen molar-refractivity contribution in [3.63, 3.8) is 0 Å². The number of rotatable bonds is 3. The Labute approximate surface area is 158 Å². The van der Waals surface area contributed by atoms with Gasteiger partial charge in [-0.25, -0.2) is 14.8 Å². The minimum absolute atomic E-state index is 0.209. The van der Waals surface area contributed by atoms with Crippen molar-refractivity contribution in [3.05, 3.63) is 29.4 Å². The summed E-state index contributed by atoms with van der Waals surface area (Å²) < 4.78 is 11.3. The molecule has 1 aromatic heterocycles. The molecule has 0 spiro atoms. The van der Waals surface area contributed by atoms with Gasteiger partial charge in [-0.15, -0.1) is 0 Å². The van der Waals surface area contributed by atoms with Crippen LogP contribution in [0.5, 0.6) is 5.88 Å². The van der Waals surface area contributed by atoms with E-state index in [4.69, 9.17) is 21.1 Å². The average molecular weight is 378 g/mol. The van der Waals surface area contributed by atoms with Crippen molar-refractivity contribution in [1.29, 1.82) is 0 Å². The predicted molar refractivity (Wildman–Crippen MR) is 101 cm³/mol. The van der Waals surface area contributed by atoms with Gasteiger partial charge in [0.2, 0.25) is 0 Å². The Bertz CT molecular complexity index is 791. The van der Waals surface area contributed by atoms with Crippen molar-refractivity contribution in [2.24, 2.45) is 5.92 Å². The Balaban J connectivity index is 1.61. The molecule has 6 nitrogen and oxygen atoms in total. The Kier molecular flexibility index (Phi) is 5.51. The van der Waals surface area contributed by atoms with Gasteiger partial charge in [0.1, 0.15) is 5.60 Å². The molecule has 1 aromatic carbocycles. The number of carbonyl (C=O) groups is 1. The lowest BCUT2D eigenvalue weighted by Gasteiger charge is -2.33. The Morgan fingerprint density at radius 2 is 1.96 bits per heavy atom. The number of para-hydroxylation sites is 2. The van der Waals surface area contributed by atoms with Crippen LogP contribution in [0.15, 0.2) is 24.3 Å². The number of carbonyl (C=O) groups excluding carboxylic acids is 1. The van der Waals surface area contributed by atoms with Crippen LogP contribution >= 0.6 is 11.6 Å². The highest BCUT2D eigenvalue weighted by molar-refractivity contribution is 6.31. The zero-order valence-corrected chi connectivity index (χ0v) is 16.1. The largest absolute Gasteiger partial charge is 0.475 e. The first kappa shape index (κ1) is 18.7. The van der Waals surface area contributed by atoms with Crippen molar-refractivity contribution >= 4 is 28.7 Å². The molecule has 26 heavy (non-hydrogen) atoms. The molecular formula is C19H24ClN3O3. The molecule has 0 bridgehead atoms. The van der Waals surface area contributed by atoms with E-state index in [-0.39, 0.29) is 17.2 Å². The second-order valence-corrected chi connectivity index (χ2v) is 7.91. The van der Waals surface area contributed by atoms with Crippen LogP contribution in [-0.2, 0) is 4.74 Å². The summed E-state index contributed by atoms with van der Waals surface area (Å²) in [6.45, 7) is 7.36. The molecule has 2 heterocycles. The van der Waals surface area contributed by atoms with Gasteiger partial charge in [-0.1, -0.05) is 23.7 Å². The molecular weight excluding hydrogens is 354 g/mol. The molecule has 1 unspecified atom stereocenters. The highest BCUT2D eigenvalue weighted by Crippen LogP contribution is 2.25. The number of halogens is 1. The number of benzene rings is 1. The molecule has 1 atom stereocenters. The fraction of sp³-hybridized carbons (Fsp3) is 0.526. The highest BCUT2D eigenvalue weighted by Gasteiger charge is 2.28. The fourth-order valence-corrected chi connectivity index (χ4v) is 3.13. The van der Waals surface area contributed by atoms with Gasteiger partial charge in [-0.2, -0.15) is 0 Å². The first-order valence-electron chi connectivity index (χ1n) is 8.85. The minimum atomic E-state index is -0.491. The topological polar surface area (TPSA) is 64.5 Å². The van der Waals surface area contributed by atoms with Gasteiger partial charge in [0, 0.05) is 19.0 Å². The Hall–Kier alpha value is -2.08. The summed E-state index contributed by atoms with van der Waals surface area (Å²) in [5, 5.41) is 0.253. The van der Waals surface area contributed by atoms with E-state index in [0.29, 0.717) is 25.6 Å². The van der Waals surface area contributed by atoms with Crippen LogP contribution in [0.4, 0.5) is 4.79 Å². The number of hydrogen-bond acceptors (Lipinski definition) is 5. The van der Waals surface area contributed by atoms with Crippen molar-refractivity contribution in [2.75, 3.05) is 19.7 Å². The number of nitrogens with zero attached hydrogens (tertiary/aromatic N) is 3. The molecule has 2 aromatic rings. The number of hydrogen-bond donors (Lipinski definition) is 0. The molecule has 7 heteroatoms. The fourth-order valence-electron chi connectivity index (χ4n) is 2.94. The molecule has 0 aliphatic carbocycles. The molecule has 1 amide bonds. The van der Waals surface area contributed by atoms with Gasteiger partial charge in [-0.3, -0.25) is 0 Å². The van der Waals surface area contributed by atoms with E-state index in [0.717, 1.165) is 23.9 Å². The van der Waals surface area contributed by atoms with Gasteiger partial charge in [0.15, 0.2) is 5.15 Å². The lowest BCUT2D eigenvalue weighted by atomic mass is 9.99. The lowest BCUT2D eigenvalue weighted by Crippen LogP contribution is -2.44. The maximum absolute atomic E-state index is 12.3. The van der Waals surface area contributed by atoms with Crippen LogP contribution in [0.3, 0.4) is 0 Å². The molecule has 3 rings (SSSR count). The summed E-state index contributed by atoms with van der Waals surface area (Å²) in [6.07, 6.45) is 1.63. The number of likely N-dealkylation sites (tertiary alicyclic amines) is 1. The van der Waals surface area contributed by atoms with E-state index >= 15 is 0 Å². The number of piperidine rings is 1. The summed E-state index contributed by atoms with van der Waals surface area (Å²) >= 11 is 6.19. The van der Waals surface area contributed by atoms with E-state index < -0.39 is 5.60 Å². The second kappa shape index (κ2) is 7.66. The van der Waals surface area contributed by atoms with Crippen LogP contribution in [0.1, 0.15) is 33.6 Å². The molecule has 1 saturated heterocycles. The molecule has 1 aliphatic rings. The summed E-state index contributed by atoms with van der Waals surface area (Å²) in [4.78, 5) is 22.8. The predicted octanol–water partition coefficient (Wildman–Crippen LogP) is 4.31. The average Bonchev–Trinajstić information content (AvgIpc) is 2.58. The monoisotopic (exact) mass is 377 g/mol. The van der Waals surface area contributed by atoms with E-state index in [9.17, 15) is 4.79 Å². The SMILES string of the molecule is CC(C)(C)OC(=O)N1CCCC(COc2nc3ccccc3nc2Cl)C1. The summed E-state index contributed by atoms with van der Waals surface area (Å²) in [5.74, 6) is 0.542. The van der Waals surface area contributed by atoms with Crippen molar-refractivity contribution in [2.45, 2.75) is 39.2 Å². The van der Waals surface area contributed by atoms with E-state index in [2.05, 4.69) is 9.97 Å². The van der Waals surface area contributed by atoms with E-state index in [1.807, 2.05) is 45.0 Å². The number of amides is 1. The first-order chi connectivity index (χ1) is 12.3.